The molecule has 0 aromatic heterocycles. The van der Waals surface area contributed by atoms with Crippen molar-refractivity contribution in [1.29, 1.82) is 0 Å². The summed E-state index contributed by atoms with van der Waals surface area (Å²) in [4.78, 5) is 127. The molecule has 4 amide bonds. The van der Waals surface area contributed by atoms with E-state index in [1.54, 1.807) is 38.1 Å². The molecular formula is C105H184N14O16S. The number of aliphatic hydroxyl groups excluding tert-OH is 2. The van der Waals surface area contributed by atoms with Crippen molar-refractivity contribution in [2.45, 2.75) is 287 Å². The zero-order valence-corrected chi connectivity index (χ0v) is 88.3. The predicted octanol–water partition coefficient (Wildman–Crippen LogP) is 18.8. The minimum absolute atomic E-state index is 0.131. The molecule has 11 heterocycles. The van der Waals surface area contributed by atoms with Crippen LogP contribution in [-0.2, 0) is 68.9 Å². The maximum absolute atomic E-state index is 10.9. The number of carbonyl (C=O) groups is 7. The van der Waals surface area contributed by atoms with Crippen LogP contribution >= 0.6 is 12.2 Å². The monoisotopic (exact) mass is 1930 g/mol. The Kier molecular flexibility index (Phi) is 87.8. The number of aliphatic imine (C=N–C) groups is 1. The number of carboxylic acid groups (broad SMARTS) is 1. The van der Waals surface area contributed by atoms with Crippen molar-refractivity contribution in [2.75, 3.05) is 195 Å². The lowest BCUT2D eigenvalue weighted by Crippen LogP contribution is -2.31. The molecule has 31 heteroatoms. The standard InChI is InChI=1S/C9H9NS.2C8H9NO2.C8H10.C7H9NO4.C6H7NO4.9C6H13N.C2H4O2.C2H6O.CH4O/c1-2-8-3-5-9(6-4-8)10-7-11;2*1-2-7-3-5-8(6-4-7)9(10)11;1-2-8-6-4-3-5-7-8;1-2-7(11)12-8-5(9)3-4-6(8)10;1-4(8)11-7-5(9)2-3-6(7)10;9*1-7-5-3-2-4-6-7;1-2(3)4;1-2-3;1-2/h3*3-6H,2H2,1H3;3-7H,2H2,1H3;2-4H2,1H3;2-3H2,1H3;9*2-6H2,1H3;1H3,(H,3,4);3H,2H2,1H3;2H,1H3. The van der Waals surface area contributed by atoms with E-state index < -0.39 is 41.5 Å². The quantitative estimate of drug-likeness (QED) is 0.0436. The van der Waals surface area contributed by atoms with Crippen molar-refractivity contribution >= 4 is 76.0 Å². The SMILES string of the molecule is CC(=O)O.CC(=O)ON1C(=O)CCC1=O.CCC(=O)ON1C(=O)CCC1=O.CCO.CCc1ccc(N=C=S)cc1.CCc1ccc([N+](=O)[O-])cc1.CCc1ccc([N+](=O)[O-])cc1.CCc1ccccc1.CN1CCCCC1.CN1CCCCC1.CN1CCCCC1.CN1CCCCC1.CN1CCCCC1.CN1CCCCC1.CN1CCCCC1.CN1CCCCC1.CN1CCCCC1.CO. The van der Waals surface area contributed by atoms with Crippen LogP contribution in [0, 0.1) is 20.2 Å². The summed E-state index contributed by atoms with van der Waals surface area (Å²) in [6, 6.07) is 31.6. The molecule has 136 heavy (non-hydrogen) atoms. The number of imide groups is 2. The zero-order valence-electron chi connectivity index (χ0n) is 87.5. The fourth-order valence-electron chi connectivity index (χ4n) is 14.4. The van der Waals surface area contributed by atoms with Crippen molar-refractivity contribution in [3.05, 3.63) is 146 Å². The first-order chi connectivity index (χ1) is 65.2. The van der Waals surface area contributed by atoms with Gasteiger partial charge in [0.05, 0.1) is 20.7 Å². The van der Waals surface area contributed by atoms with E-state index in [-0.39, 0.29) is 59.9 Å². The highest BCUT2D eigenvalue weighted by atomic mass is 32.1. The van der Waals surface area contributed by atoms with E-state index in [1.165, 1.54) is 327 Å². The summed E-state index contributed by atoms with van der Waals surface area (Å²) in [6.45, 7) is 37.8. The Labute approximate surface area is 826 Å². The third-order valence-corrected chi connectivity index (χ3v) is 22.9. The van der Waals surface area contributed by atoms with E-state index in [9.17, 15) is 49.0 Å². The fourth-order valence-corrected chi connectivity index (χ4v) is 14.5. The summed E-state index contributed by atoms with van der Waals surface area (Å²) in [5, 5.41) is 45.8. The summed E-state index contributed by atoms with van der Waals surface area (Å²) in [6.07, 6.45) is 43.2. The van der Waals surface area contributed by atoms with Crippen molar-refractivity contribution in [3.63, 3.8) is 0 Å². The Morgan fingerprint density at radius 2 is 0.529 bits per heavy atom. The largest absolute Gasteiger partial charge is 0.481 e. The van der Waals surface area contributed by atoms with E-state index in [0.717, 1.165) is 63.5 Å². The number of benzene rings is 4. The summed E-state index contributed by atoms with van der Waals surface area (Å²) >= 11 is 4.48. The first-order valence-electron chi connectivity index (χ1n) is 50.4. The number of piperidine rings is 9. The molecule has 0 unspecified atom stereocenters. The van der Waals surface area contributed by atoms with Crippen LogP contribution in [-0.4, -0.2) is 321 Å². The average Bonchev–Trinajstić information content (AvgIpc) is 1.73. The van der Waals surface area contributed by atoms with E-state index in [0.29, 0.717) is 10.1 Å². The summed E-state index contributed by atoms with van der Waals surface area (Å²) < 4.78 is 0. The van der Waals surface area contributed by atoms with Gasteiger partial charge in [-0.15, -0.1) is 10.1 Å². The van der Waals surface area contributed by atoms with Gasteiger partial charge in [0.15, 0.2) is 0 Å². The number of rotatable bonds is 10. The Hall–Kier alpha value is -8.27. The van der Waals surface area contributed by atoms with Crippen LogP contribution in [0.3, 0.4) is 0 Å². The molecule has 3 N–H and O–H groups in total. The molecule has 11 saturated heterocycles. The highest BCUT2D eigenvalue weighted by molar-refractivity contribution is 7.78. The van der Waals surface area contributed by atoms with Gasteiger partial charge in [-0.3, -0.25) is 44.2 Å². The normalized spacial score (nSPS) is 17.8. The zero-order chi connectivity index (χ0) is 102. The lowest BCUT2D eigenvalue weighted by atomic mass is 10.1. The first kappa shape index (κ1) is 132. The van der Waals surface area contributed by atoms with Gasteiger partial charge in [-0.25, -0.2) is 9.59 Å². The van der Waals surface area contributed by atoms with E-state index >= 15 is 0 Å². The molecule has 11 aliphatic rings. The molecule has 776 valence electrons. The molecule has 0 bridgehead atoms. The molecule has 15 rings (SSSR count). The number of hydroxylamine groups is 4. The third-order valence-electron chi connectivity index (χ3n) is 22.8. The summed E-state index contributed by atoms with van der Waals surface area (Å²) in [5.41, 5.74) is 6.15. The van der Waals surface area contributed by atoms with Gasteiger partial charge >= 0.3 is 11.9 Å². The number of nitro groups is 2. The third kappa shape index (κ3) is 79.6. The van der Waals surface area contributed by atoms with Gasteiger partial charge in [-0.2, -0.15) is 4.99 Å². The summed E-state index contributed by atoms with van der Waals surface area (Å²) in [7, 11) is 20.7. The van der Waals surface area contributed by atoms with Crippen molar-refractivity contribution in [2.24, 2.45) is 4.99 Å². The second-order valence-electron chi connectivity index (χ2n) is 35.3. The number of nitrogens with zero attached hydrogens (tertiary/aromatic N) is 14. The minimum atomic E-state index is -0.833. The maximum Gasteiger partial charge on any atom is 0.332 e. The highest BCUT2D eigenvalue weighted by Gasteiger charge is 2.33. The van der Waals surface area contributed by atoms with Gasteiger partial charge in [0.1, 0.15) is 0 Å². The topological polar surface area (TPSA) is 333 Å². The Balaban J connectivity index is -0.00000139. The number of aliphatic carboxylic acids is 1. The number of carboxylic acids is 1. The van der Waals surface area contributed by atoms with Crippen molar-refractivity contribution in [1.82, 2.24) is 54.2 Å². The highest BCUT2D eigenvalue weighted by Crippen LogP contribution is 2.19. The van der Waals surface area contributed by atoms with Crippen molar-refractivity contribution in [3.8, 4) is 0 Å². The van der Waals surface area contributed by atoms with E-state index in [2.05, 4.69) is 178 Å². The predicted molar refractivity (Wildman–Crippen MR) is 558 cm³/mol. The van der Waals surface area contributed by atoms with Gasteiger partial charge < -0.3 is 69.1 Å². The molecule has 30 nitrogen and oxygen atoms in total. The van der Waals surface area contributed by atoms with Gasteiger partial charge in [0.2, 0.25) is 0 Å². The number of thiocarbonyl (C=S) groups is 1. The molecular weight excluding hydrogens is 1750 g/mol. The number of carbonyl (C=O) groups excluding carboxylic acids is 6. The molecule has 0 radical (unpaired) electrons. The van der Waals surface area contributed by atoms with Crippen LogP contribution in [0.4, 0.5) is 17.1 Å². The molecule has 4 aromatic rings. The lowest BCUT2D eigenvalue weighted by molar-refractivity contribution is -0.385. The summed E-state index contributed by atoms with van der Waals surface area (Å²) in [5.74, 6) is -3.86. The number of amides is 4. The molecule has 11 fully saturated rings. The Morgan fingerprint density at radius 1 is 0.346 bits per heavy atom. The number of aryl methyl sites for hydroxylation is 4. The van der Waals surface area contributed by atoms with Gasteiger partial charge in [0.25, 0.3) is 41.0 Å². The van der Waals surface area contributed by atoms with Crippen LogP contribution in [0.2, 0.25) is 0 Å². The molecule has 0 saturated carbocycles. The van der Waals surface area contributed by atoms with Crippen LogP contribution < -0.4 is 0 Å². The molecule has 0 aliphatic carbocycles. The maximum atomic E-state index is 10.9. The lowest BCUT2D eigenvalue weighted by Gasteiger charge is -2.20. The fraction of sp³-hybridized carbons (Fsp3) is 0.695. The second-order valence-corrected chi connectivity index (χ2v) is 35.5. The second kappa shape index (κ2) is 90.6. The Bertz CT molecular complexity index is 3250. The smallest absolute Gasteiger partial charge is 0.332 e. The number of hydrogen-bond donors (Lipinski definition) is 3. The number of aliphatic hydroxyl groups is 2. The molecule has 11 aliphatic heterocycles. The average molecular weight is 1930 g/mol. The van der Waals surface area contributed by atoms with Crippen LogP contribution in [0.25, 0.3) is 0 Å². The number of isothiocyanates is 1. The van der Waals surface area contributed by atoms with Gasteiger partial charge in [-0.05, 0) is 376 Å². The first-order valence-corrected chi connectivity index (χ1v) is 50.8. The molecule has 0 spiro atoms. The van der Waals surface area contributed by atoms with Gasteiger partial charge in [-0.1, -0.05) is 159 Å². The van der Waals surface area contributed by atoms with Crippen LogP contribution in [0.5, 0.6) is 0 Å². The van der Waals surface area contributed by atoms with Crippen LogP contribution in [0.15, 0.2) is 108 Å². The van der Waals surface area contributed by atoms with E-state index in [4.69, 9.17) is 20.1 Å². The molecule has 4 aromatic carbocycles. The Morgan fingerprint density at radius 3 is 0.676 bits per heavy atom. The molecule has 0 atom stereocenters. The minimum Gasteiger partial charge on any atom is -0.481 e. The number of nitro benzene ring substituents is 2. The van der Waals surface area contributed by atoms with E-state index in [1.807, 2.05) is 44.2 Å². The number of non-ortho nitro benzene ring substituents is 2. The van der Waals surface area contributed by atoms with Gasteiger partial charge in [0, 0.05) is 83.9 Å². The number of hydrogen-bond acceptors (Lipinski definition) is 26. The van der Waals surface area contributed by atoms with Crippen molar-refractivity contribution < 1.29 is 68.4 Å². The van der Waals surface area contributed by atoms with Crippen LogP contribution in [0.1, 0.15) is 283 Å². The number of likely N-dealkylation sites (tertiary alicyclic amines) is 9.